The molecule has 4 aromatic rings. The second kappa shape index (κ2) is 12.5. The van der Waals surface area contributed by atoms with Crippen LogP contribution in [0.1, 0.15) is 6.92 Å². The highest BCUT2D eigenvalue weighted by Crippen LogP contribution is 2.38. The van der Waals surface area contributed by atoms with Gasteiger partial charge in [-0.1, -0.05) is 37.3 Å². The molecule has 2 aromatic carbocycles. The van der Waals surface area contributed by atoms with Gasteiger partial charge in [-0.05, 0) is 30.3 Å². The van der Waals surface area contributed by atoms with Crippen molar-refractivity contribution < 1.29 is 35.9 Å². The van der Waals surface area contributed by atoms with Gasteiger partial charge in [0, 0.05) is 38.8 Å². The molecule has 10 nitrogen and oxygen atoms in total. The molecule has 0 aliphatic carbocycles. The maximum Gasteiger partial charge on any atom is 0.267 e. The summed E-state index contributed by atoms with van der Waals surface area (Å²) in [7, 11) is -4.79. The number of pyridine rings is 1. The zero-order valence-electron chi connectivity index (χ0n) is 23.9. The summed E-state index contributed by atoms with van der Waals surface area (Å²) in [5.74, 6) is -4.33. The van der Waals surface area contributed by atoms with Crippen LogP contribution in [-0.2, 0) is 26.3 Å². The molecule has 0 unspecified atom stereocenters. The number of fused-ring (bicyclic) bond motifs is 1. The molecule has 2 heterocycles. The van der Waals surface area contributed by atoms with Crippen molar-refractivity contribution in [3.05, 3.63) is 59.0 Å². The lowest BCUT2D eigenvalue weighted by Crippen LogP contribution is -2.22. The Morgan fingerprint density at radius 1 is 1.12 bits per heavy atom. The number of ether oxygens (including phenoxy) is 2. The number of nitrogens with zero attached hydrogens (tertiary/aromatic N) is 3. The quantitative estimate of drug-likeness (QED) is 0.145. The van der Waals surface area contributed by atoms with E-state index in [2.05, 4.69) is 35.0 Å². The molecule has 2 aromatic heterocycles. The van der Waals surface area contributed by atoms with Crippen LogP contribution in [0.5, 0.6) is 5.88 Å². The summed E-state index contributed by atoms with van der Waals surface area (Å²) < 4.78 is 87.2. The first-order valence-electron chi connectivity index (χ1n) is 12.9. The maximum atomic E-state index is 16.2. The lowest BCUT2D eigenvalue weighted by molar-refractivity contribution is -0.114. The number of benzene rings is 2. The summed E-state index contributed by atoms with van der Waals surface area (Å²) in [5, 5.41) is 6.91. The summed E-state index contributed by atoms with van der Waals surface area (Å²) in [6, 6.07) is 6.00. The van der Waals surface area contributed by atoms with Gasteiger partial charge < -0.3 is 14.8 Å². The van der Waals surface area contributed by atoms with E-state index in [1.165, 1.54) is 20.1 Å². The molecule has 230 valence electrons. The lowest BCUT2D eigenvalue weighted by Gasteiger charge is -2.16. The van der Waals surface area contributed by atoms with E-state index in [0.717, 1.165) is 41.2 Å². The number of methoxy groups -OCH3 is 1. The van der Waals surface area contributed by atoms with Crippen LogP contribution >= 0.6 is 11.6 Å². The molecule has 0 saturated heterocycles. The van der Waals surface area contributed by atoms with Gasteiger partial charge in [-0.25, -0.2) is 31.3 Å². The van der Waals surface area contributed by atoms with Crippen LogP contribution in [0.15, 0.2) is 41.4 Å². The molecule has 0 spiro atoms. The van der Waals surface area contributed by atoms with Crippen molar-refractivity contribution in [1.82, 2.24) is 14.8 Å². The second-order valence-corrected chi connectivity index (χ2v) is 18.5. The molecule has 4 rings (SSSR count). The van der Waals surface area contributed by atoms with E-state index < -0.39 is 63.2 Å². The summed E-state index contributed by atoms with van der Waals surface area (Å²) in [5.41, 5.74) is -2.18. The zero-order chi connectivity index (χ0) is 31.7. The molecule has 0 aliphatic heterocycles. The molecular formula is C27H29ClF3N5O5SSi. The summed E-state index contributed by atoms with van der Waals surface area (Å²) in [6.07, 6.45) is 1.16. The van der Waals surface area contributed by atoms with Crippen molar-refractivity contribution in [2.45, 2.75) is 44.2 Å². The fourth-order valence-electron chi connectivity index (χ4n) is 4.14. The SMILES string of the molecule is COc1ncc(Cl)cc1S(=O)(=O)Nc1ccc(F)c(-c2ccc3c(NC(C)=O)nn(COCC[Si](C)(C)C)c3c2F)c1F. The third-order valence-electron chi connectivity index (χ3n) is 6.23. The molecule has 0 aliphatic rings. The first-order chi connectivity index (χ1) is 20.1. The van der Waals surface area contributed by atoms with Crippen molar-refractivity contribution in [2.75, 3.05) is 23.8 Å². The van der Waals surface area contributed by atoms with Gasteiger partial charge in [-0.3, -0.25) is 9.52 Å². The highest BCUT2D eigenvalue weighted by molar-refractivity contribution is 7.92. The van der Waals surface area contributed by atoms with E-state index in [-0.39, 0.29) is 34.4 Å². The monoisotopic (exact) mass is 655 g/mol. The van der Waals surface area contributed by atoms with Crippen molar-refractivity contribution in [1.29, 1.82) is 0 Å². The fraction of sp³-hybridized carbons (Fsp3) is 0.296. The van der Waals surface area contributed by atoms with E-state index in [4.69, 9.17) is 21.1 Å². The van der Waals surface area contributed by atoms with Gasteiger partial charge in [0.25, 0.3) is 10.0 Å². The molecular weight excluding hydrogens is 627 g/mol. The number of sulfonamides is 1. The van der Waals surface area contributed by atoms with Gasteiger partial charge in [0.2, 0.25) is 11.8 Å². The van der Waals surface area contributed by atoms with Gasteiger partial charge >= 0.3 is 0 Å². The maximum absolute atomic E-state index is 16.2. The van der Waals surface area contributed by atoms with Crippen LogP contribution in [0.3, 0.4) is 0 Å². The number of halogens is 4. The predicted octanol–water partition coefficient (Wildman–Crippen LogP) is 6.25. The Labute approximate surface area is 252 Å². The van der Waals surface area contributed by atoms with Gasteiger partial charge in [-0.15, -0.1) is 0 Å². The largest absolute Gasteiger partial charge is 0.480 e. The number of amides is 1. The molecule has 0 saturated carbocycles. The Morgan fingerprint density at radius 3 is 2.49 bits per heavy atom. The molecule has 43 heavy (non-hydrogen) atoms. The van der Waals surface area contributed by atoms with Crippen LogP contribution in [0.4, 0.5) is 24.7 Å². The molecule has 0 bridgehead atoms. The van der Waals surface area contributed by atoms with Crippen molar-refractivity contribution in [2.24, 2.45) is 0 Å². The normalized spacial score (nSPS) is 12.0. The molecule has 0 fully saturated rings. The Hall–Kier alpha value is -3.66. The molecule has 1 amide bonds. The average molecular weight is 656 g/mol. The van der Waals surface area contributed by atoms with Crippen LogP contribution in [0.25, 0.3) is 22.0 Å². The standard InChI is InChI=1S/C27H29ClF3N5O5SSi/c1-15(37)33-26-18-7-6-17(23(30)25(18)36(34-26)14-41-10-11-43(3,4)5)22-19(29)8-9-20(24(22)31)35-42(38,39)21-12-16(28)13-32-27(21)40-2/h6-9,12-13,35H,10-11,14H2,1-5H3,(H,33,34,37). The van der Waals surface area contributed by atoms with E-state index >= 15 is 13.2 Å². The minimum Gasteiger partial charge on any atom is -0.480 e. The van der Waals surface area contributed by atoms with Gasteiger partial charge in [0.15, 0.2) is 22.3 Å². The fourth-order valence-corrected chi connectivity index (χ4v) is 6.32. The Kier molecular flexibility index (Phi) is 9.39. The summed E-state index contributed by atoms with van der Waals surface area (Å²) in [6.45, 7) is 7.94. The molecule has 0 radical (unpaired) electrons. The van der Waals surface area contributed by atoms with E-state index in [1.54, 1.807) is 0 Å². The number of aromatic nitrogens is 3. The average Bonchev–Trinajstić information content (AvgIpc) is 3.26. The van der Waals surface area contributed by atoms with E-state index in [0.29, 0.717) is 6.61 Å². The Morgan fingerprint density at radius 2 is 1.84 bits per heavy atom. The minimum atomic E-state index is -4.54. The number of rotatable bonds is 11. The van der Waals surface area contributed by atoms with Crippen molar-refractivity contribution in [3.8, 4) is 17.0 Å². The van der Waals surface area contributed by atoms with Gasteiger partial charge in [-0.2, -0.15) is 5.10 Å². The predicted molar refractivity (Wildman–Crippen MR) is 160 cm³/mol. The summed E-state index contributed by atoms with van der Waals surface area (Å²) in [4.78, 5) is 15.1. The first kappa shape index (κ1) is 32.3. The van der Waals surface area contributed by atoms with Crippen LogP contribution in [-0.4, -0.2) is 50.9 Å². The topological polar surface area (TPSA) is 124 Å². The second-order valence-electron chi connectivity index (χ2n) is 10.8. The third-order valence-corrected chi connectivity index (χ3v) is 9.50. The molecule has 16 heteroatoms. The highest BCUT2D eigenvalue weighted by atomic mass is 35.5. The number of nitrogens with one attached hydrogen (secondary N) is 2. The molecule has 0 atom stereocenters. The van der Waals surface area contributed by atoms with Crippen molar-refractivity contribution >= 4 is 58.0 Å². The molecule has 2 N–H and O–H groups in total. The number of anilines is 2. The Bertz CT molecular complexity index is 1820. The smallest absolute Gasteiger partial charge is 0.267 e. The number of hydrogen-bond acceptors (Lipinski definition) is 7. The lowest BCUT2D eigenvalue weighted by atomic mass is 10.0. The van der Waals surface area contributed by atoms with Gasteiger partial charge in [0.1, 0.15) is 18.1 Å². The van der Waals surface area contributed by atoms with E-state index in [1.807, 2.05) is 4.72 Å². The number of hydrogen-bond donors (Lipinski definition) is 2. The highest BCUT2D eigenvalue weighted by Gasteiger charge is 2.27. The minimum absolute atomic E-state index is 0.0310. The zero-order valence-corrected chi connectivity index (χ0v) is 26.5. The Balaban J connectivity index is 1.79. The van der Waals surface area contributed by atoms with Crippen LogP contribution in [0, 0.1) is 17.5 Å². The first-order valence-corrected chi connectivity index (χ1v) is 18.4. The van der Waals surface area contributed by atoms with Crippen LogP contribution in [0.2, 0.25) is 30.7 Å². The third kappa shape index (κ3) is 7.12. The number of carbonyl (C=O) groups excluding carboxylic acids is 1. The van der Waals surface area contributed by atoms with Crippen molar-refractivity contribution in [3.63, 3.8) is 0 Å². The van der Waals surface area contributed by atoms with E-state index in [9.17, 15) is 13.2 Å². The summed E-state index contributed by atoms with van der Waals surface area (Å²) >= 11 is 5.89. The van der Waals surface area contributed by atoms with Crippen LogP contribution < -0.4 is 14.8 Å². The van der Waals surface area contributed by atoms with Gasteiger partial charge in [0.05, 0.1) is 23.4 Å². The number of carbonyl (C=O) groups is 1.